The SMILES string of the molecule is CCOC(=O)c1oc(CCC2CCCO2)nc1C(C)C. The Labute approximate surface area is 119 Å². The molecule has 0 spiro atoms. The molecule has 0 aromatic carbocycles. The predicted molar refractivity (Wildman–Crippen MR) is 73.8 cm³/mol. The smallest absolute Gasteiger partial charge is 0.376 e. The molecule has 2 heterocycles. The van der Waals surface area contributed by atoms with Crippen molar-refractivity contribution in [3.8, 4) is 0 Å². The summed E-state index contributed by atoms with van der Waals surface area (Å²) in [5.74, 6) is 0.568. The molecule has 1 atom stereocenters. The topological polar surface area (TPSA) is 61.6 Å². The summed E-state index contributed by atoms with van der Waals surface area (Å²) in [7, 11) is 0. The van der Waals surface area contributed by atoms with Crippen molar-refractivity contribution in [1.29, 1.82) is 0 Å². The Hall–Kier alpha value is -1.36. The van der Waals surface area contributed by atoms with Crippen molar-refractivity contribution in [1.82, 2.24) is 4.98 Å². The van der Waals surface area contributed by atoms with E-state index in [0.29, 0.717) is 30.7 Å². The molecule has 1 aliphatic rings. The van der Waals surface area contributed by atoms with Gasteiger partial charge in [0.05, 0.1) is 18.4 Å². The van der Waals surface area contributed by atoms with E-state index in [1.54, 1.807) is 6.92 Å². The molecule has 1 fully saturated rings. The highest BCUT2D eigenvalue weighted by Crippen LogP contribution is 2.23. The summed E-state index contributed by atoms with van der Waals surface area (Å²) in [4.78, 5) is 16.3. The molecule has 1 aromatic heterocycles. The molecule has 1 aromatic rings. The fourth-order valence-electron chi connectivity index (χ4n) is 2.38. The van der Waals surface area contributed by atoms with Crippen LogP contribution < -0.4 is 0 Å². The summed E-state index contributed by atoms with van der Waals surface area (Å²) in [6.07, 6.45) is 4.11. The first-order chi connectivity index (χ1) is 9.61. The first-order valence-corrected chi connectivity index (χ1v) is 7.40. The van der Waals surface area contributed by atoms with E-state index in [-0.39, 0.29) is 11.7 Å². The molecule has 1 aliphatic heterocycles. The van der Waals surface area contributed by atoms with Crippen LogP contribution >= 0.6 is 0 Å². The maximum absolute atomic E-state index is 11.9. The third-order valence-corrected chi connectivity index (χ3v) is 3.41. The number of hydrogen-bond acceptors (Lipinski definition) is 5. The fraction of sp³-hybridized carbons (Fsp3) is 0.733. The number of carbonyl (C=O) groups is 1. The Morgan fingerprint density at radius 1 is 1.50 bits per heavy atom. The third-order valence-electron chi connectivity index (χ3n) is 3.41. The van der Waals surface area contributed by atoms with Crippen LogP contribution in [0.4, 0.5) is 0 Å². The van der Waals surface area contributed by atoms with Gasteiger partial charge in [-0.15, -0.1) is 0 Å². The minimum Gasteiger partial charge on any atom is -0.460 e. The van der Waals surface area contributed by atoms with Crippen molar-refractivity contribution in [3.63, 3.8) is 0 Å². The van der Waals surface area contributed by atoms with E-state index in [2.05, 4.69) is 4.98 Å². The van der Waals surface area contributed by atoms with E-state index in [0.717, 1.165) is 25.9 Å². The number of esters is 1. The van der Waals surface area contributed by atoms with E-state index >= 15 is 0 Å². The van der Waals surface area contributed by atoms with Crippen LogP contribution in [0.1, 0.15) is 68.1 Å². The average Bonchev–Trinajstić information content (AvgIpc) is 3.06. The Morgan fingerprint density at radius 3 is 2.90 bits per heavy atom. The molecular formula is C15H23NO4. The van der Waals surface area contributed by atoms with E-state index in [4.69, 9.17) is 13.9 Å². The van der Waals surface area contributed by atoms with Gasteiger partial charge in [-0.05, 0) is 32.1 Å². The number of rotatable bonds is 6. The lowest BCUT2D eigenvalue weighted by Crippen LogP contribution is -2.07. The number of carbonyl (C=O) groups excluding carboxylic acids is 1. The third kappa shape index (κ3) is 3.60. The molecule has 0 amide bonds. The maximum atomic E-state index is 11.9. The molecule has 5 heteroatoms. The Bertz CT molecular complexity index is 447. The largest absolute Gasteiger partial charge is 0.460 e. The maximum Gasteiger partial charge on any atom is 0.376 e. The van der Waals surface area contributed by atoms with Gasteiger partial charge >= 0.3 is 5.97 Å². The number of aromatic nitrogens is 1. The molecule has 0 N–H and O–H groups in total. The number of ether oxygens (including phenoxy) is 2. The van der Waals surface area contributed by atoms with Crippen LogP contribution in [0, 0.1) is 0 Å². The van der Waals surface area contributed by atoms with Gasteiger partial charge in [-0.25, -0.2) is 9.78 Å². The lowest BCUT2D eigenvalue weighted by atomic mass is 10.1. The monoisotopic (exact) mass is 281 g/mol. The van der Waals surface area contributed by atoms with Crippen molar-refractivity contribution < 1.29 is 18.7 Å². The van der Waals surface area contributed by atoms with Crippen LogP contribution in [0.3, 0.4) is 0 Å². The van der Waals surface area contributed by atoms with Crippen molar-refractivity contribution in [2.45, 2.75) is 58.5 Å². The molecule has 2 rings (SSSR count). The lowest BCUT2D eigenvalue weighted by Gasteiger charge is -2.06. The van der Waals surface area contributed by atoms with Crippen LogP contribution in [0.25, 0.3) is 0 Å². The zero-order chi connectivity index (χ0) is 14.5. The molecule has 0 aliphatic carbocycles. The summed E-state index contributed by atoms with van der Waals surface area (Å²) in [6, 6.07) is 0. The Kier molecular flexibility index (Phi) is 5.17. The summed E-state index contributed by atoms with van der Waals surface area (Å²) in [5.41, 5.74) is 0.686. The van der Waals surface area contributed by atoms with Crippen LogP contribution in [0.2, 0.25) is 0 Å². The van der Waals surface area contributed by atoms with Crippen LogP contribution in [0.5, 0.6) is 0 Å². The summed E-state index contributed by atoms with van der Waals surface area (Å²) in [5, 5.41) is 0. The quantitative estimate of drug-likeness (QED) is 0.750. The van der Waals surface area contributed by atoms with Crippen molar-refractivity contribution in [2.75, 3.05) is 13.2 Å². The molecule has 0 saturated carbocycles. The van der Waals surface area contributed by atoms with E-state index < -0.39 is 5.97 Å². The second kappa shape index (κ2) is 6.88. The highest BCUT2D eigenvalue weighted by atomic mass is 16.5. The van der Waals surface area contributed by atoms with E-state index in [1.807, 2.05) is 13.8 Å². The highest BCUT2D eigenvalue weighted by molar-refractivity contribution is 5.87. The number of oxazole rings is 1. The van der Waals surface area contributed by atoms with Gasteiger partial charge in [0, 0.05) is 13.0 Å². The fourth-order valence-corrected chi connectivity index (χ4v) is 2.38. The minimum atomic E-state index is -0.424. The van der Waals surface area contributed by atoms with E-state index in [9.17, 15) is 4.79 Å². The van der Waals surface area contributed by atoms with Gasteiger partial charge in [0.1, 0.15) is 0 Å². The molecule has 0 radical (unpaired) electrons. The minimum absolute atomic E-state index is 0.134. The zero-order valence-corrected chi connectivity index (χ0v) is 12.5. The molecule has 5 nitrogen and oxygen atoms in total. The van der Waals surface area contributed by atoms with Gasteiger partial charge in [0.2, 0.25) is 5.76 Å². The first-order valence-electron chi connectivity index (χ1n) is 7.40. The van der Waals surface area contributed by atoms with Crippen LogP contribution in [-0.4, -0.2) is 30.3 Å². The molecule has 0 bridgehead atoms. The van der Waals surface area contributed by atoms with Gasteiger partial charge < -0.3 is 13.9 Å². The standard InChI is InChI=1S/C15H23NO4/c1-4-18-15(17)14-13(10(2)3)16-12(20-14)8-7-11-6-5-9-19-11/h10-11H,4-9H2,1-3H3. The van der Waals surface area contributed by atoms with Gasteiger partial charge in [-0.3, -0.25) is 0 Å². The number of nitrogens with zero attached hydrogens (tertiary/aromatic N) is 1. The average molecular weight is 281 g/mol. The second-order valence-electron chi connectivity index (χ2n) is 5.37. The molecule has 1 saturated heterocycles. The molecule has 1 unspecified atom stereocenters. The van der Waals surface area contributed by atoms with Gasteiger partial charge in [-0.1, -0.05) is 13.8 Å². The molecule has 112 valence electrons. The van der Waals surface area contributed by atoms with Crippen molar-refractivity contribution in [2.24, 2.45) is 0 Å². The second-order valence-corrected chi connectivity index (χ2v) is 5.37. The highest BCUT2D eigenvalue weighted by Gasteiger charge is 2.24. The van der Waals surface area contributed by atoms with Crippen LogP contribution in [-0.2, 0) is 15.9 Å². The van der Waals surface area contributed by atoms with Crippen molar-refractivity contribution in [3.05, 3.63) is 17.3 Å². The number of hydrogen-bond donors (Lipinski definition) is 0. The molecule has 20 heavy (non-hydrogen) atoms. The normalized spacial score (nSPS) is 18.7. The van der Waals surface area contributed by atoms with E-state index in [1.165, 1.54) is 0 Å². The van der Waals surface area contributed by atoms with Gasteiger partial charge in [0.15, 0.2) is 5.89 Å². The summed E-state index contributed by atoms with van der Waals surface area (Å²) < 4.78 is 16.2. The van der Waals surface area contributed by atoms with Gasteiger partial charge in [-0.2, -0.15) is 0 Å². The van der Waals surface area contributed by atoms with Crippen LogP contribution in [0.15, 0.2) is 4.42 Å². The Balaban J connectivity index is 2.05. The predicted octanol–water partition coefficient (Wildman–Crippen LogP) is 3.09. The molecular weight excluding hydrogens is 258 g/mol. The van der Waals surface area contributed by atoms with Crippen molar-refractivity contribution >= 4 is 5.97 Å². The van der Waals surface area contributed by atoms with Gasteiger partial charge in [0.25, 0.3) is 0 Å². The summed E-state index contributed by atoms with van der Waals surface area (Å²) >= 11 is 0. The first kappa shape index (κ1) is 15.0. The Morgan fingerprint density at radius 2 is 2.30 bits per heavy atom. The number of aryl methyl sites for hydroxylation is 1. The lowest BCUT2D eigenvalue weighted by molar-refractivity contribution is 0.0485. The summed E-state index contributed by atoms with van der Waals surface area (Å²) in [6.45, 7) is 6.94. The zero-order valence-electron chi connectivity index (χ0n) is 12.5.